The van der Waals surface area contributed by atoms with E-state index < -0.39 is 9.84 Å². The zero-order chi connectivity index (χ0) is 14.6. The Morgan fingerprint density at radius 2 is 2.20 bits per heavy atom. The number of fused-ring (bicyclic) bond motifs is 1. The fourth-order valence-electron chi connectivity index (χ4n) is 2.66. The lowest BCUT2D eigenvalue weighted by molar-refractivity contribution is 0.315. The van der Waals surface area contributed by atoms with Gasteiger partial charge in [0.05, 0.1) is 12.4 Å². The zero-order valence-electron chi connectivity index (χ0n) is 12.2. The number of hydrogen-bond acceptors (Lipinski definition) is 4. The average molecular weight is 297 g/mol. The molecule has 0 amide bonds. The summed E-state index contributed by atoms with van der Waals surface area (Å²) in [7, 11) is -0.913. The molecule has 2 rings (SSSR count). The van der Waals surface area contributed by atoms with Crippen molar-refractivity contribution in [3.63, 3.8) is 0 Å². The maximum Gasteiger partial charge on any atom is 0.150 e. The highest BCUT2D eigenvalue weighted by Crippen LogP contribution is 2.36. The van der Waals surface area contributed by atoms with Crippen LogP contribution in [0.4, 0.5) is 0 Å². The predicted octanol–water partition coefficient (Wildman–Crippen LogP) is 2.10. The Labute approximate surface area is 121 Å². The molecule has 0 saturated heterocycles. The van der Waals surface area contributed by atoms with Crippen LogP contribution >= 0.6 is 0 Å². The van der Waals surface area contributed by atoms with Gasteiger partial charge in [-0.15, -0.1) is 0 Å². The number of nitrogens with one attached hydrogen (secondary N) is 1. The van der Waals surface area contributed by atoms with Gasteiger partial charge in [0.1, 0.15) is 15.6 Å². The molecule has 0 spiro atoms. The third kappa shape index (κ3) is 3.52. The van der Waals surface area contributed by atoms with E-state index in [0.717, 1.165) is 18.6 Å². The van der Waals surface area contributed by atoms with Gasteiger partial charge in [-0.1, -0.05) is 19.1 Å². The van der Waals surface area contributed by atoms with Gasteiger partial charge in [0, 0.05) is 11.8 Å². The second-order valence-corrected chi connectivity index (χ2v) is 7.61. The van der Waals surface area contributed by atoms with Crippen LogP contribution in [0, 0.1) is 0 Å². The molecule has 0 fully saturated rings. The molecule has 0 bridgehead atoms. The summed E-state index contributed by atoms with van der Waals surface area (Å²) in [5, 5.41) is 3.31. The molecule has 112 valence electrons. The first-order valence-corrected chi connectivity index (χ1v) is 9.02. The molecule has 0 heterocycles. The lowest BCUT2D eigenvalue weighted by Crippen LogP contribution is -2.13. The van der Waals surface area contributed by atoms with Crippen LogP contribution in [0.2, 0.25) is 0 Å². The van der Waals surface area contributed by atoms with Crippen LogP contribution in [0.3, 0.4) is 0 Å². The molecule has 1 aromatic rings. The first-order valence-electron chi connectivity index (χ1n) is 7.19. The van der Waals surface area contributed by atoms with E-state index in [4.69, 9.17) is 4.74 Å². The van der Waals surface area contributed by atoms with Crippen LogP contribution < -0.4 is 10.1 Å². The minimum absolute atomic E-state index is 0.206. The summed E-state index contributed by atoms with van der Waals surface area (Å²) in [6.45, 7) is 2.14. The number of rotatable bonds is 7. The highest BCUT2D eigenvalue weighted by Gasteiger charge is 2.23. The van der Waals surface area contributed by atoms with Crippen LogP contribution in [-0.4, -0.2) is 33.6 Å². The van der Waals surface area contributed by atoms with Gasteiger partial charge in [-0.2, -0.15) is 0 Å². The third-order valence-electron chi connectivity index (χ3n) is 3.87. The summed E-state index contributed by atoms with van der Waals surface area (Å²) in [6.07, 6.45) is 2.66. The van der Waals surface area contributed by atoms with Crippen molar-refractivity contribution in [3.05, 3.63) is 29.3 Å². The van der Waals surface area contributed by atoms with Crippen molar-refractivity contribution in [1.82, 2.24) is 5.32 Å². The normalized spacial score (nSPS) is 18.0. The monoisotopic (exact) mass is 297 g/mol. The molecule has 4 nitrogen and oxygen atoms in total. The number of sulfone groups is 1. The minimum atomic E-state index is -2.89. The number of ether oxygens (including phenoxy) is 1. The summed E-state index contributed by atoms with van der Waals surface area (Å²) < 4.78 is 28.6. The van der Waals surface area contributed by atoms with Gasteiger partial charge in [0.2, 0.25) is 0 Å². The van der Waals surface area contributed by atoms with Crippen molar-refractivity contribution in [2.75, 3.05) is 25.2 Å². The van der Waals surface area contributed by atoms with Crippen molar-refractivity contribution in [3.8, 4) is 5.75 Å². The highest BCUT2D eigenvalue weighted by atomic mass is 32.2. The summed E-state index contributed by atoms with van der Waals surface area (Å²) in [5.74, 6) is 1.32. The molecule has 1 atom stereocenters. The lowest BCUT2D eigenvalue weighted by atomic mass is 10.1. The number of benzene rings is 1. The average Bonchev–Trinajstić information content (AvgIpc) is 2.87. The van der Waals surface area contributed by atoms with E-state index in [1.165, 1.54) is 11.1 Å². The Morgan fingerprint density at radius 1 is 1.40 bits per heavy atom. The molecule has 1 unspecified atom stereocenters. The van der Waals surface area contributed by atoms with Gasteiger partial charge in [0.15, 0.2) is 0 Å². The minimum Gasteiger partial charge on any atom is -0.493 e. The Morgan fingerprint density at radius 3 is 2.90 bits per heavy atom. The van der Waals surface area contributed by atoms with Gasteiger partial charge in [-0.25, -0.2) is 8.42 Å². The third-order valence-corrected chi connectivity index (χ3v) is 5.66. The molecular weight excluding hydrogens is 274 g/mol. The highest BCUT2D eigenvalue weighted by molar-refractivity contribution is 7.91. The standard InChI is InChI=1S/C15H23NO3S/c1-3-20(17,18)11-5-10-19-15-7-4-6-12-13(15)8-9-14(12)16-2/h4,6-7,14,16H,3,5,8-11H2,1-2H3. The zero-order valence-corrected chi connectivity index (χ0v) is 13.0. The van der Waals surface area contributed by atoms with Crippen LogP contribution in [0.1, 0.15) is 36.9 Å². The Kier molecular flexibility index (Phi) is 5.05. The lowest BCUT2D eigenvalue weighted by Gasteiger charge is -2.13. The maximum absolute atomic E-state index is 11.4. The summed E-state index contributed by atoms with van der Waals surface area (Å²) >= 11 is 0. The van der Waals surface area contributed by atoms with E-state index in [0.29, 0.717) is 19.1 Å². The molecule has 5 heteroatoms. The van der Waals surface area contributed by atoms with Gasteiger partial charge >= 0.3 is 0 Å². The summed E-state index contributed by atoms with van der Waals surface area (Å²) in [6, 6.07) is 6.53. The van der Waals surface area contributed by atoms with Crippen molar-refractivity contribution in [2.24, 2.45) is 0 Å². The Balaban J connectivity index is 1.93. The molecule has 20 heavy (non-hydrogen) atoms. The van der Waals surface area contributed by atoms with Gasteiger partial charge in [-0.3, -0.25) is 0 Å². The van der Waals surface area contributed by atoms with Gasteiger partial charge in [0.25, 0.3) is 0 Å². The van der Waals surface area contributed by atoms with Crippen molar-refractivity contribution < 1.29 is 13.2 Å². The fraction of sp³-hybridized carbons (Fsp3) is 0.600. The molecule has 0 radical (unpaired) electrons. The van der Waals surface area contributed by atoms with Crippen LogP contribution in [-0.2, 0) is 16.3 Å². The molecule has 1 aliphatic carbocycles. The van der Waals surface area contributed by atoms with Crippen LogP contribution in [0.15, 0.2) is 18.2 Å². The van der Waals surface area contributed by atoms with E-state index in [9.17, 15) is 8.42 Å². The number of hydrogen-bond donors (Lipinski definition) is 1. The summed E-state index contributed by atoms with van der Waals surface area (Å²) in [4.78, 5) is 0. The van der Waals surface area contributed by atoms with E-state index in [1.54, 1.807) is 6.92 Å². The molecule has 0 aliphatic heterocycles. The van der Waals surface area contributed by atoms with Crippen LogP contribution in [0.5, 0.6) is 5.75 Å². The molecule has 0 aromatic heterocycles. The molecule has 1 N–H and O–H groups in total. The SMILES string of the molecule is CCS(=O)(=O)CCCOc1cccc2c1CCC2NC. The largest absolute Gasteiger partial charge is 0.493 e. The first kappa shape index (κ1) is 15.3. The van der Waals surface area contributed by atoms with Gasteiger partial charge in [-0.05, 0) is 43.5 Å². The first-order chi connectivity index (χ1) is 9.57. The van der Waals surface area contributed by atoms with E-state index in [1.807, 2.05) is 19.2 Å². The molecular formula is C15H23NO3S. The molecule has 1 aliphatic rings. The summed E-state index contributed by atoms with van der Waals surface area (Å²) in [5.41, 5.74) is 2.58. The second-order valence-electron chi connectivity index (χ2n) is 5.14. The topological polar surface area (TPSA) is 55.4 Å². The maximum atomic E-state index is 11.4. The van der Waals surface area contributed by atoms with Crippen molar-refractivity contribution in [1.29, 1.82) is 0 Å². The van der Waals surface area contributed by atoms with Crippen molar-refractivity contribution in [2.45, 2.75) is 32.2 Å². The van der Waals surface area contributed by atoms with Crippen molar-refractivity contribution >= 4 is 9.84 Å². The van der Waals surface area contributed by atoms with Gasteiger partial charge < -0.3 is 10.1 Å². The molecule has 1 aromatic carbocycles. The molecule has 0 saturated carbocycles. The van der Waals surface area contributed by atoms with Crippen LogP contribution in [0.25, 0.3) is 0 Å². The Hall–Kier alpha value is -1.07. The van der Waals surface area contributed by atoms with E-state index in [2.05, 4.69) is 11.4 Å². The van der Waals surface area contributed by atoms with E-state index >= 15 is 0 Å². The second kappa shape index (κ2) is 6.59. The Bertz CT molecular complexity index is 554. The fourth-order valence-corrected chi connectivity index (χ4v) is 3.51. The predicted molar refractivity (Wildman–Crippen MR) is 81.0 cm³/mol. The quantitative estimate of drug-likeness (QED) is 0.783. The van der Waals surface area contributed by atoms with E-state index in [-0.39, 0.29) is 11.5 Å². The smallest absolute Gasteiger partial charge is 0.150 e.